The Morgan fingerprint density at radius 3 is 2.52 bits per heavy atom. The van der Waals surface area contributed by atoms with Crippen LogP contribution in [0.15, 0.2) is 42.5 Å². The van der Waals surface area contributed by atoms with Crippen molar-refractivity contribution in [2.45, 2.75) is 57.8 Å². The molecule has 40 heavy (non-hydrogen) atoms. The maximum Gasteiger partial charge on any atom is 0.453 e. The summed E-state index contributed by atoms with van der Waals surface area (Å²) in [5.74, 6) is -1.30. The van der Waals surface area contributed by atoms with E-state index in [1.807, 2.05) is 29.2 Å². The normalized spacial score (nSPS) is 19.4. The van der Waals surface area contributed by atoms with Gasteiger partial charge < -0.3 is 9.64 Å². The van der Waals surface area contributed by atoms with Crippen molar-refractivity contribution >= 4 is 17.7 Å². The summed E-state index contributed by atoms with van der Waals surface area (Å²) >= 11 is 0. The monoisotopic (exact) mass is 554 g/mol. The van der Waals surface area contributed by atoms with Gasteiger partial charge in [0.1, 0.15) is 24.2 Å². The molecular weight excluding hydrogens is 529 g/mol. The number of piperidine rings is 1. The lowest BCUT2D eigenvalue weighted by Crippen LogP contribution is -2.52. The van der Waals surface area contributed by atoms with Crippen molar-refractivity contribution in [2.24, 2.45) is 0 Å². The van der Waals surface area contributed by atoms with Gasteiger partial charge in [0.25, 0.3) is 11.7 Å². The number of nitrogens with zero attached hydrogens (tertiary/aromatic N) is 5. The van der Waals surface area contributed by atoms with E-state index in [2.05, 4.69) is 15.4 Å². The van der Waals surface area contributed by atoms with Crippen LogP contribution >= 0.6 is 0 Å². The first-order valence-corrected chi connectivity index (χ1v) is 12.9. The summed E-state index contributed by atoms with van der Waals surface area (Å²) in [4.78, 5) is 44.0. The van der Waals surface area contributed by atoms with Crippen molar-refractivity contribution in [1.82, 2.24) is 29.9 Å². The fraction of sp³-hybridized carbons (Fsp3) is 0.370. The number of nitrogens with one attached hydrogen (secondary N) is 1. The summed E-state index contributed by atoms with van der Waals surface area (Å²) < 4.78 is 46.2. The van der Waals surface area contributed by atoms with E-state index >= 15 is 0 Å². The highest BCUT2D eigenvalue weighted by molar-refractivity contribution is 6.05. The first-order valence-electron chi connectivity index (χ1n) is 12.9. The Labute approximate surface area is 226 Å². The van der Waals surface area contributed by atoms with E-state index in [-0.39, 0.29) is 37.9 Å². The van der Waals surface area contributed by atoms with Gasteiger partial charge in [-0.1, -0.05) is 30.3 Å². The van der Waals surface area contributed by atoms with Gasteiger partial charge in [0, 0.05) is 30.6 Å². The number of amides is 3. The molecule has 2 aromatic carbocycles. The van der Waals surface area contributed by atoms with E-state index < -0.39 is 23.9 Å². The van der Waals surface area contributed by atoms with Crippen LogP contribution in [-0.4, -0.2) is 54.9 Å². The molecule has 3 aliphatic rings. The molecule has 208 valence electrons. The van der Waals surface area contributed by atoms with Crippen molar-refractivity contribution in [3.8, 4) is 5.75 Å². The molecule has 1 N–H and O–H groups in total. The topological polar surface area (TPSA) is 110 Å². The van der Waals surface area contributed by atoms with Gasteiger partial charge in [0.05, 0.1) is 19.6 Å². The minimum absolute atomic E-state index is 0.189. The maximum atomic E-state index is 13.0. The van der Waals surface area contributed by atoms with Gasteiger partial charge in [-0.2, -0.15) is 13.2 Å². The van der Waals surface area contributed by atoms with Crippen LogP contribution in [0.25, 0.3) is 0 Å². The maximum absolute atomic E-state index is 13.0. The second-order valence-electron chi connectivity index (χ2n) is 10.1. The Bertz CT molecular complexity index is 1490. The quantitative estimate of drug-likeness (QED) is 0.467. The van der Waals surface area contributed by atoms with Crippen molar-refractivity contribution in [3.63, 3.8) is 0 Å². The zero-order valence-corrected chi connectivity index (χ0v) is 21.3. The third-order valence-corrected chi connectivity index (χ3v) is 7.36. The molecule has 0 radical (unpaired) electrons. The Balaban J connectivity index is 1.07. The Morgan fingerprint density at radius 2 is 1.77 bits per heavy atom. The van der Waals surface area contributed by atoms with Gasteiger partial charge in [-0.25, -0.2) is 9.67 Å². The van der Waals surface area contributed by atoms with Crippen LogP contribution < -0.4 is 10.1 Å². The SMILES string of the molecule is O=C1CC[C@H](N2Cc3c(OCc4ccc(CN5CCn6nc(C(F)(F)F)nc6C5)cc4)cccc3C2=O)C(=O)N1. The molecule has 1 aromatic heterocycles. The highest BCUT2D eigenvalue weighted by Gasteiger charge is 2.40. The summed E-state index contributed by atoms with van der Waals surface area (Å²) in [7, 11) is 0. The number of carbonyl (C=O) groups is 3. The van der Waals surface area contributed by atoms with Gasteiger partial charge in [-0.05, 0) is 29.7 Å². The molecule has 3 amide bonds. The van der Waals surface area contributed by atoms with E-state index in [0.717, 1.165) is 11.1 Å². The zero-order chi connectivity index (χ0) is 28.0. The Kier molecular flexibility index (Phi) is 6.53. The molecule has 6 rings (SSSR count). The Hall–Kier alpha value is -4.26. The van der Waals surface area contributed by atoms with E-state index in [1.165, 1.54) is 9.58 Å². The molecule has 1 atom stereocenters. The van der Waals surface area contributed by atoms with Crippen LogP contribution in [0.3, 0.4) is 0 Å². The molecule has 3 aliphatic heterocycles. The highest BCUT2D eigenvalue weighted by Crippen LogP contribution is 2.34. The minimum atomic E-state index is -4.56. The second-order valence-corrected chi connectivity index (χ2v) is 10.1. The van der Waals surface area contributed by atoms with Gasteiger partial charge >= 0.3 is 6.18 Å². The van der Waals surface area contributed by atoms with Crippen molar-refractivity contribution in [1.29, 1.82) is 0 Å². The molecule has 0 saturated carbocycles. The average Bonchev–Trinajstić information content (AvgIpc) is 3.50. The molecule has 1 fully saturated rings. The fourth-order valence-electron chi connectivity index (χ4n) is 5.29. The van der Waals surface area contributed by atoms with E-state index in [9.17, 15) is 27.6 Å². The molecule has 3 aromatic rings. The number of fused-ring (bicyclic) bond motifs is 2. The average molecular weight is 555 g/mol. The molecule has 0 unspecified atom stereocenters. The largest absolute Gasteiger partial charge is 0.489 e. The van der Waals surface area contributed by atoms with Crippen LogP contribution in [0.1, 0.15) is 51.5 Å². The molecular formula is C27H25F3N6O4. The number of hydrogen-bond donors (Lipinski definition) is 1. The van der Waals surface area contributed by atoms with Crippen LogP contribution in [0.2, 0.25) is 0 Å². The molecule has 1 saturated heterocycles. The van der Waals surface area contributed by atoms with E-state index in [0.29, 0.717) is 48.8 Å². The van der Waals surface area contributed by atoms with Gasteiger partial charge in [-0.3, -0.25) is 24.6 Å². The third kappa shape index (κ3) is 5.04. The summed E-state index contributed by atoms with van der Waals surface area (Å²) in [6.45, 7) is 2.23. The van der Waals surface area contributed by atoms with Crippen LogP contribution in [0, 0.1) is 0 Å². The molecule has 0 aliphatic carbocycles. The summed E-state index contributed by atoms with van der Waals surface area (Å²) in [5.41, 5.74) is 3.09. The number of alkyl halides is 3. The predicted octanol–water partition coefficient (Wildman–Crippen LogP) is 2.65. The number of ether oxygens (including phenoxy) is 1. The van der Waals surface area contributed by atoms with Crippen molar-refractivity contribution < 1.29 is 32.3 Å². The van der Waals surface area contributed by atoms with E-state index in [4.69, 9.17) is 4.74 Å². The smallest absolute Gasteiger partial charge is 0.453 e. The number of rotatable bonds is 6. The predicted molar refractivity (Wildman–Crippen MR) is 132 cm³/mol. The van der Waals surface area contributed by atoms with Gasteiger partial charge in [-0.15, -0.1) is 5.10 Å². The second kappa shape index (κ2) is 10.0. The molecule has 13 heteroatoms. The molecule has 0 bridgehead atoms. The first kappa shape index (κ1) is 26.0. The fourth-order valence-corrected chi connectivity index (χ4v) is 5.29. The first-order chi connectivity index (χ1) is 19.2. The number of hydrogen-bond acceptors (Lipinski definition) is 7. The van der Waals surface area contributed by atoms with E-state index in [1.54, 1.807) is 18.2 Å². The highest BCUT2D eigenvalue weighted by atomic mass is 19.4. The molecule has 0 spiro atoms. The summed E-state index contributed by atoms with van der Waals surface area (Å²) in [6.07, 6.45) is -4.08. The third-order valence-electron chi connectivity index (χ3n) is 7.36. The number of benzene rings is 2. The van der Waals surface area contributed by atoms with Crippen molar-refractivity contribution in [2.75, 3.05) is 6.54 Å². The van der Waals surface area contributed by atoms with Crippen LogP contribution in [-0.2, 0) is 48.6 Å². The van der Waals surface area contributed by atoms with Gasteiger partial charge in [0.15, 0.2) is 0 Å². The standard InChI is InChI=1S/C27H25F3N6O4/c28-27(29,30)26-31-22-14-34(10-11-36(22)33-26)12-16-4-6-17(7-5-16)15-40-21-3-1-2-18-19(21)13-35(25(18)39)20-8-9-23(37)32-24(20)38/h1-7,20H,8-15H2,(H,32,37,38)/t20-/m0/s1. The van der Waals surface area contributed by atoms with Crippen LogP contribution in [0.5, 0.6) is 5.75 Å². The summed E-state index contributed by atoms with van der Waals surface area (Å²) in [5, 5.41) is 5.87. The number of halogens is 3. The lowest BCUT2D eigenvalue weighted by Gasteiger charge is -2.29. The Morgan fingerprint density at radius 1 is 1.00 bits per heavy atom. The molecule has 10 nitrogen and oxygen atoms in total. The molecule has 4 heterocycles. The minimum Gasteiger partial charge on any atom is -0.489 e. The zero-order valence-electron chi connectivity index (χ0n) is 21.3. The lowest BCUT2D eigenvalue weighted by atomic mass is 10.0. The van der Waals surface area contributed by atoms with Crippen molar-refractivity contribution in [3.05, 3.63) is 76.4 Å². The van der Waals surface area contributed by atoms with Gasteiger partial charge in [0.2, 0.25) is 11.8 Å². The summed E-state index contributed by atoms with van der Waals surface area (Å²) in [6, 6.07) is 12.3. The van der Waals surface area contributed by atoms with Crippen LogP contribution in [0.4, 0.5) is 13.2 Å². The number of carbonyl (C=O) groups excluding carboxylic acids is 3. The number of imide groups is 1. The number of aromatic nitrogens is 3. The lowest BCUT2D eigenvalue weighted by molar-refractivity contribution is -0.145.